The van der Waals surface area contributed by atoms with E-state index in [-0.39, 0.29) is 11.8 Å². The van der Waals surface area contributed by atoms with E-state index in [4.69, 9.17) is 21.1 Å². The molecular weight excluding hydrogens is 610 g/mol. The van der Waals surface area contributed by atoms with Crippen molar-refractivity contribution in [3.8, 4) is 5.75 Å². The van der Waals surface area contributed by atoms with Gasteiger partial charge in [-0.25, -0.2) is 13.1 Å². The van der Waals surface area contributed by atoms with E-state index in [0.29, 0.717) is 35.3 Å². The number of nitrogens with zero attached hydrogens (tertiary/aromatic N) is 2. The van der Waals surface area contributed by atoms with E-state index in [1.807, 2.05) is 25.1 Å². The number of sulfonamides is 1. The van der Waals surface area contributed by atoms with E-state index in [9.17, 15) is 13.2 Å². The molecule has 2 bridgehead atoms. The summed E-state index contributed by atoms with van der Waals surface area (Å²) in [6.45, 7) is 6.23. The van der Waals surface area contributed by atoms with Crippen LogP contribution < -0.4 is 14.4 Å². The Labute approximate surface area is 274 Å². The number of nitrogens with one attached hydrogen (secondary N) is 1. The summed E-state index contributed by atoms with van der Waals surface area (Å²) in [5.41, 5.74) is 2.87. The normalized spacial score (nSPS) is 29.7. The van der Waals surface area contributed by atoms with Crippen molar-refractivity contribution >= 4 is 33.2 Å². The minimum Gasteiger partial charge on any atom is -0.487 e. The van der Waals surface area contributed by atoms with Gasteiger partial charge in [-0.1, -0.05) is 36.7 Å². The Morgan fingerprint density at radius 1 is 1.11 bits per heavy atom. The third kappa shape index (κ3) is 7.53. The van der Waals surface area contributed by atoms with Gasteiger partial charge in [-0.3, -0.25) is 4.79 Å². The number of likely N-dealkylation sites (N-methyl/N-ethyl adjacent to an activating group) is 1. The van der Waals surface area contributed by atoms with Gasteiger partial charge in [0.1, 0.15) is 18.0 Å². The summed E-state index contributed by atoms with van der Waals surface area (Å²) in [5.74, 6) is 0.484. The third-order valence-electron chi connectivity index (χ3n) is 10.1. The first-order valence-corrected chi connectivity index (χ1v) is 18.1. The van der Waals surface area contributed by atoms with Crippen LogP contribution in [0.5, 0.6) is 5.75 Å². The van der Waals surface area contributed by atoms with Crippen LogP contribution in [0.3, 0.4) is 0 Å². The summed E-state index contributed by atoms with van der Waals surface area (Å²) in [5, 5.41) is -0.0524. The fourth-order valence-corrected chi connectivity index (χ4v) is 8.61. The molecular formula is C35H48ClN3O5S. The molecule has 246 valence electrons. The van der Waals surface area contributed by atoms with Crippen LogP contribution >= 0.6 is 11.6 Å². The summed E-state index contributed by atoms with van der Waals surface area (Å²) in [6.07, 6.45) is 9.77. The van der Waals surface area contributed by atoms with Gasteiger partial charge in [0.2, 0.25) is 10.0 Å². The maximum absolute atomic E-state index is 13.4. The summed E-state index contributed by atoms with van der Waals surface area (Å²) in [6, 6.07) is 11.2. The number of allylic oxidation sites excluding steroid dienone is 1. The Morgan fingerprint density at radius 3 is 2.62 bits per heavy atom. The van der Waals surface area contributed by atoms with Gasteiger partial charge in [-0.2, -0.15) is 0 Å². The molecule has 0 saturated heterocycles. The number of carbonyl (C=O) groups is 1. The fourth-order valence-electron chi connectivity index (χ4n) is 7.13. The molecule has 10 heteroatoms. The Kier molecular flexibility index (Phi) is 10.5. The number of methoxy groups -OCH3 is 1. The predicted octanol–water partition coefficient (Wildman–Crippen LogP) is 6.08. The van der Waals surface area contributed by atoms with Crippen molar-refractivity contribution in [2.45, 2.75) is 69.8 Å². The van der Waals surface area contributed by atoms with E-state index in [1.54, 1.807) is 32.2 Å². The number of aryl methyl sites for hydroxylation is 1. The molecule has 2 aromatic carbocycles. The smallest absolute Gasteiger partial charge is 0.264 e. The number of carbonyl (C=O) groups excluding carboxylic acids is 1. The number of rotatable bonds is 3. The van der Waals surface area contributed by atoms with Crippen molar-refractivity contribution in [3.05, 3.63) is 70.3 Å². The summed E-state index contributed by atoms with van der Waals surface area (Å²) < 4.78 is 42.0. The number of benzene rings is 2. The van der Waals surface area contributed by atoms with E-state index < -0.39 is 26.8 Å². The van der Waals surface area contributed by atoms with Gasteiger partial charge in [0.25, 0.3) is 5.91 Å². The quantitative estimate of drug-likeness (QED) is 0.401. The van der Waals surface area contributed by atoms with Crippen LogP contribution in [-0.2, 0) is 27.8 Å². The topological polar surface area (TPSA) is 88.2 Å². The zero-order chi connectivity index (χ0) is 32.4. The molecule has 1 N–H and O–H groups in total. The first kappa shape index (κ1) is 33.8. The molecule has 5 atom stereocenters. The first-order valence-electron chi connectivity index (χ1n) is 16.1. The predicted molar refractivity (Wildman–Crippen MR) is 181 cm³/mol. The molecule has 2 heterocycles. The minimum atomic E-state index is -3.93. The molecule has 0 aromatic heterocycles. The third-order valence-corrected chi connectivity index (χ3v) is 12.3. The summed E-state index contributed by atoms with van der Waals surface area (Å²) >= 11 is 6.35. The highest BCUT2D eigenvalue weighted by Gasteiger charge is 2.47. The van der Waals surface area contributed by atoms with Crippen LogP contribution in [0.4, 0.5) is 5.69 Å². The maximum atomic E-state index is 13.4. The Morgan fingerprint density at radius 2 is 1.91 bits per heavy atom. The molecule has 1 saturated carbocycles. The number of fused-ring (bicyclic) bond motifs is 3. The summed E-state index contributed by atoms with van der Waals surface area (Å²) in [4.78, 5) is 18.0. The molecule has 1 fully saturated rings. The average Bonchev–Trinajstić information content (AvgIpc) is 3.00. The van der Waals surface area contributed by atoms with Crippen LogP contribution in [0.15, 0.2) is 48.6 Å². The van der Waals surface area contributed by atoms with Crippen LogP contribution in [-0.4, -0.2) is 70.9 Å². The molecule has 2 aromatic rings. The van der Waals surface area contributed by atoms with Crippen LogP contribution in [0, 0.1) is 17.8 Å². The summed E-state index contributed by atoms with van der Waals surface area (Å²) in [7, 11) is 2.00. The van der Waals surface area contributed by atoms with Crippen molar-refractivity contribution in [2.75, 3.05) is 45.7 Å². The largest absolute Gasteiger partial charge is 0.487 e. The van der Waals surface area contributed by atoms with Gasteiger partial charge < -0.3 is 19.3 Å². The monoisotopic (exact) mass is 657 g/mol. The number of hydrogen-bond donors (Lipinski definition) is 1. The van der Waals surface area contributed by atoms with Gasteiger partial charge in [0.05, 0.1) is 10.9 Å². The first-order chi connectivity index (χ1) is 21.4. The molecule has 0 spiro atoms. The lowest BCUT2D eigenvalue weighted by Crippen LogP contribution is -2.55. The lowest BCUT2D eigenvalue weighted by atomic mass is 9.64. The lowest BCUT2D eigenvalue weighted by Gasteiger charge is -2.50. The number of ether oxygens (including phenoxy) is 2. The number of amides is 1. The van der Waals surface area contributed by atoms with Crippen molar-refractivity contribution in [1.29, 1.82) is 0 Å². The Balaban J connectivity index is 1.59. The highest BCUT2D eigenvalue weighted by Crippen LogP contribution is 2.46. The van der Waals surface area contributed by atoms with Gasteiger partial charge in [-0.05, 0) is 119 Å². The Bertz CT molecular complexity index is 1510. The standard InChI is InChI=1S/C35H48ClN3O5S/c1-24-9-8-17-35(43-5,23-38(3)4)31-15-12-28(31)21-39-18-7-6-10-26-19-30(36)14-11-29(26)22-44-33-16-13-27(20-32(33)39)34(40)37-45(41,42)25(24)2/h8,11,13-14,16-17,19-20,24-25,28,31H,6-7,9-10,12,15,18,21-23H2,1-5H3,(H,37,40)/b17-8+/t24-,25+,28-,31+,35+/m0/s1. The van der Waals surface area contributed by atoms with Crippen LogP contribution in [0.1, 0.15) is 67.4 Å². The van der Waals surface area contributed by atoms with Crippen molar-refractivity contribution in [3.63, 3.8) is 0 Å². The molecule has 1 amide bonds. The fraction of sp³-hybridized carbons (Fsp3) is 0.571. The van der Waals surface area contributed by atoms with Crippen LogP contribution in [0.2, 0.25) is 5.02 Å². The zero-order valence-corrected chi connectivity index (χ0v) is 28.8. The lowest BCUT2D eigenvalue weighted by molar-refractivity contribution is -0.0860. The molecule has 3 aliphatic rings. The average molecular weight is 658 g/mol. The highest BCUT2D eigenvalue weighted by atomic mass is 35.5. The second-order valence-corrected chi connectivity index (χ2v) is 15.9. The van der Waals surface area contributed by atoms with Gasteiger partial charge in [0.15, 0.2) is 0 Å². The van der Waals surface area contributed by atoms with E-state index in [2.05, 4.69) is 40.8 Å². The van der Waals surface area contributed by atoms with Crippen LogP contribution in [0.25, 0.3) is 0 Å². The van der Waals surface area contributed by atoms with E-state index in [0.717, 1.165) is 63.0 Å². The maximum Gasteiger partial charge on any atom is 0.264 e. The van der Waals surface area contributed by atoms with Gasteiger partial charge in [-0.15, -0.1) is 0 Å². The van der Waals surface area contributed by atoms with Crippen molar-refractivity contribution in [2.24, 2.45) is 17.8 Å². The minimum absolute atomic E-state index is 0.209. The van der Waals surface area contributed by atoms with Crippen molar-refractivity contribution in [1.82, 2.24) is 9.62 Å². The van der Waals surface area contributed by atoms with Gasteiger partial charge in [0, 0.05) is 37.3 Å². The molecule has 0 unspecified atom stereocenters. The molecule has 0 radical (unpaired) electrons. The molecule has 8 nitrogen and oxygen atoms in total. The molecule has 45 heavy (non-hydrogen) atoms. The Hall–Kier alpha value is -2.59. The van der Waals surface area contributed by atoms with Gasteiger partial charge >= 0.3 is 0 Å². The SMILES string of the molecule is CO[C@@]1(CN(C)C)/C=C/C[C@H](C)[C@@H](C)S(=O)(=O)NC(=O)c2ccc3c(c2)N(CCCCc2cc(Cl)ccc2CO3)C[C@@H]2CC[C@H]21. The number of halogens is 1. The highest BCUT2D eigenvalue weighted by molar-refractivity contribution is 7.90. The van der Waals surface area contributed by atoms with Crippen molar-refractivity contribution < 1.29 is 22.7 Å². The zero-order valence-electron chi connectivity index (χ0n) is 27.2. The molecule has 1 aliphatic carbocycles. The molecule has 5 rings (SSSR count). The molecule has 2 aliphatic heterocycles. The number of hydrogen-bond acceptors (Lipinski definition) is 7. The van der Waals surface area contributed by atoms with E-state index >= 15 is 0 Å². The second kappa shape index (κ2) is 14.0. The number of anilines is 1. The van der Waals surface area contributed by atoms with E-state index in [1.165, 1.54) is 5.56 Å². The second-order valence-electron chi connectivity index (χ2n) is 13.4.